The lowest BCUT2D eigenvalue weighted by molar-refractivity contribution is -0.111. The fourth-order valence-corrected chi connectivity index (χ4v) is 4.91. The second-order valence-corrected chi connectivity index (χ2v) is 8.72. The number of thiazole rings is 1. The third-order valence-corrected chi connectivity index (χ3v) is 6.34. The van der Waals surface area contributed by atoms with E-state index < -0.39 is 0 Å². The lowest BCUT2D eigenvalue weighted by Crippen LogP contribution is -2.31. The van der Waals surface area contributed by atoms with E-state index in [0.29, 0.717) is 0 Å². The second-order valence-electron chi connectivity index (χ2n) is 6.43. The average molecular weight is 396 g/mol. The number of aromatic nitrogens is 1. The number of carbonyl (C=O) groups is 1. The molecule has 0 spiro atoms. The average Bonchev–Trinajstić information content (AvgIpc) is 3.11. The molecule has 1 aliphatic heterocycles. The Morgan fingerprint density at radius 1 is 1.15 bits per heavy atom. The Labute approximate surface area is 167 Å². The molecule has 2 heterocycles. The number of hydrogen-bond donors (Lipinski definition) is 1. The van der Waals surface area contributed by atoms with Crippen LogP contribution in [0.5, 0.6) is 0 Å². The number of benzene rings is 2. The SMILES string of the molecule is O=C(/C=C/c1nc2ccccc2s1)Nc1cccc(CN2CCSCC2)c1. The summed E-state index contributed by atoms with van der Waals surface area (Å²) in [7, 11) is 0. The molecule has 138 valence electrons. The third-order valence-electron chi connectivity index (χ3n) is 4.39. The molecular formula is C21H21N3OS2. The van der Waals surface area contributed by atoms with Gasteiger partial charge in [0.2, 0.25) is 5.91 Å². The normalized spacial score (nSPS) is 15.4. The van der Waals surface area contributed by atoms with Crippen molar-refractivity contribution in [2.24, 2.45) is 0 Å². The van der Waals surface area contributed by atoms with E-state index in [4.69, 9.17) is 0 Å². The number of thioether (sulfide) groups is 1. The maximum absolute atomic E-state index is 12.3. The summed E-state index contributed by atoms with van der Waals surface area (Å²) < 4.78 is 1.13. The summed E-state index contributed by atoms with van der Waals surface area (Å²) in [6.45, 7) is 3.20. The molecule has 1 amide bonds. The molecule has 0 saturated carbocycles. The molecule has 1 saturated heterocycles. The first-order chi connectivity index (χ1) is 13.3. The van der Waals surface area contributed by atoms with Gasteiger partial charge in [0.05, 0.1) is 10.2 Å². The van der Waals surface area contributed by atoms with E-state index in [1.807, 2.05) is 48.2 Å². The zero-order chi connectivity index (χ0) is 18.5. The van der Waals surface area contributed by atoms with E-state index in [1.54, 1.807) is 23.5 Å². The molecule has 0 bridgehead atoms. The summed E-state index contributed by atoms with van der Waals surface area (Å²) in [4.78, 5) is 19.2. The summed E-state index contributed by atoms with van der Waals surface area (Å²) in [5.41, 5.74) is 3.03. The molecule has 4 rings (SSSR count). The molecule has 3 aromatic rings. The number of fused-ring (bicyclic) bond motifs is 1. The molecule has 27 heavy (non-hydrogen) atoms. The van der Waals surface area contributed by atoms with Crippen LogP contribution in [0.15, 0.2) is 54.6 Å². The second kappa shape index (κ2) is 8.69. The Morgan fingerprint density at radius 2 is 2.00 bits per heavy atom. The van der Waals surface area contributed by atoms with Gasteiger partial charge in [-0.15, -0.1) is 11.3 Å². The highest BCUT2D eigenvalue weighted by Gasteiger charge is 2.11. The predicted octanol–water partition coefficient (Wildman–Crippen LogP) is 4.50. The smallest absolute Gasteiger partial charge is 0.248 e. The Hall–Kier alpha value is -2.15. The van der Waals surface area contributed by atoms with Crippen LogP contribution in [0.1, 0.15) is 10.6 Å². The standard InChI is InChI=1S/C21H21N3OS2/c25-20(8-9-21-23-18-6-1-2-7-19(18)27-21)22-17-5-3-4-16(14-17)15-24-10-12-26-13-11-24/h1-9,14H,10-13,15H2,(H,22,25)/b9-8+. The highest BCUT2D eigenvalue weighted by Crippen LogP contribution is 2.22. The van der Waals surface area contributed by atoms with E-state index in [-0.39, 0.29) is 5.91 Å². The predicted molar refractivity (Wildman–Crippen MR) is 116 cm³/mol. The van der Waals surface area contributed by atoms with Crippen molar-refractivity contribution in [3.05, 3.63) is 65.2 Å². The molecule has 4 nitrogen and oxygen atoms in total. The number of carbonyl (C=O) groups excluding carboxylic acids is 1. The summed E-state index contributed by atoms with van der Waals surface area (Å²) in [5.74, 6) is 2.26. The van der Waals surface area contributed by atoms with Crippen molar-refractivity contribution in [3.8, 4) is 0 Å². The van der Waals surface area contributed by atoms with Gasteiger partial charge in [-0.05, 0) is 35.9 Å². The number of anilines is 1. The largest absolute Gasteiger partial charge is 0.323 e. The third kappa shape index (κ3) is 4.97. The van der Waals surface area contributed by atoms with Crippen molar-refractivity contribution in [3.63, 3.8) is 0 Å². The van der Waals surface area contributed by atoms with E-state index in [1.165, 1.54) is 17.1 Å². The number of rotatable bonds is 5. The van der Waals surface area contributed by atoms with Gasteiger partial charge in [-0.3, -0.25) is 9.69 Å². The molecule has 1 N–H and O–H groups in total. The van der Waals surface area contributed by atoms with Crippen LogP contribution < -0.4 is 5.32 Å². The monoisotopic (exact) mass is 395 g/mol. The number of hydrogen-bond acceptors (Lipinski definition) is 5. The Morgan fingerprint density at radius 3 is 2.85 bits per heavy atom. The number of amides is 1. The maximum Gasteiger partial charge on any atom is 0.248 e. The van der Waals surface area contributed by atoms with Crippen LogP contribution >= 0.6 is 23.1 Å². The Kier molecular flexibility index (Phi) is 5.87. The van der Waals surface area contributed by atoms with Gasteiger partial charge in [-0.1, -0.05) is 24.3 Å². The molecule has 6 heteroatoms. The van der Waals surface area contributed by atoms with Crippen LogP contribution in [-0.4, -0.2) is 40.4 Å². The lowest BCUT2D eigenvalue weighted by atomic mass is 10.2. The van der Waals surface area contributed by atoms with Crippen LogP contribution in [-0.2, 0) is 11.3 Å². The van der Waals surface area contributed by atoms with Gasteiger partial charge in [-0.2, -0.15) is 11.8 Å². The number of nitrogens with zero attached hydrogens (tertiary/aromatic N) is 2. The Bertz CT molecular complexity index is 928. The van der Waals surface area contributed by atoms with E-state index in [9.17, 15) is 4.79 Å². The molecular weight excluding hydrogens is 374 g/mol. The summed E-state index contributed by atoms with van der Waals surface area (Å²) in [6, 6.07) is 16.1. The molecule has 0 atom stereocenters. The fraction of sp³-hybridized carbons (Fsp3) is 0.238. The zero-order valence-corrected chi connectivity index (χ0v) is 16.6. The van der Waals surface area contributed by atoms with Gasteiger partial charge in [0.15, 0.2) is 0 Å². The Balaban J connectivity index is 1.37. The minimum Gasteiger partial charge on any atom is -0.323 e. The van der Waals surface area contributed by atoms with Crippen LogP contribution in [0.25, 0.3) is 16.3 Å². The molecule has 0 radical (unpaired) electrons. The van der Waals surface area contributed by atoms with Crippen molar-refractivity contribution >= 4 is 51.0 Å². The van der Waals surface area contributed by atoms with Gasteiger partial charge < -0.3 is 5.32 Å². The van der Waals surface area contributed by atoms with Gasteiger partial charge in [-0.25, -0.2) is 4.98 Å². The zero-order valence-electron chi connectivity index (χ0n) is 14.9. The highest BCUT2D eigenvalue weighted by atomic mass is 32.2. The van der Waals surface area contributed by atoms with Crippen molar-refractivity contribution < 1.29 is 4.79 Å². The first-order valence-corrected chi connectivity index (χ1v) is 11.0. The fourth-order valence-electron chi connectivity index (χ4n) is 3.06. The maximum atomic E-state index is 12.3. The van der Waals surface area contributed by atoms with Crippen LogP contribution in [0, 0.1) is 0 Å². The first-order valence-electron chi connectivity index (χ1n) is 9.00. The van der Waals surface area contributed by atoms with Gasteiger partial charge >= 0.3 is 0 Å². The quantitative estimate of drug-likeness (QED) is 0.646. The van der Waals surface area contributed by atoms with Gasteiger partial charge in [0.25, 0.3) is 0 Å². The van der Waals surface area contributed by atoms with Crippen molar-refractivity contribution in [1.82, 2.24) is 9.88 Å². The van der Waals surface area contributed by atoms with E-state index in [0.717, 1.165) is 40.5 Å². The van der Waals surface area contributed by atoms with Crippen molar-refractivity contribution in [2.45, 2.75) is 6.54 Å². The number of nitrogens with one attached hydrogen (secondary N) is 1. The molecule has 0 aliphatic carbocycles. The first kappa shape index (κ1) is 18.2. The topological polar surface area (TPSA) is 45.2 Å². The van der Waals surface area contributed by atoms with Crippen LogP contribution in [0.4, 0.5) is 5.69 Å². The molecule has 1 fully saturated rings. The van der Waals surface area contributed by atoms with Gasteiger partial charge in [0, 0.05) is 42.9 Å². The molecule has 2 aromatic carbocycles. The summed E-state index contributed by atoms with van der Waals surface area (Å²) in [6.07, 6.45) is 3.32. The van der Waals surface area contributed by atoms with Crippen molar-refractivity contribution in [2.75, 3.05) is 29.9 Å². The van der Waals surface area contributed by atoms with Crippen LogP contribution in [0.3, 0.4) is 0 Å². The van der Waals surface area contributed by atoms with Crippen LogP contribution in [0.2, 0.25) is 0 Å². The lowest BCUT2D eigenvalue weighted by Gasteiger charge is -2.26. The van der Waals surface area contributed by atoms with Gasteiger partial charge in [0.1, 0.15) is 5.01 Å². The van der Waals surface area contributed by atoms with E-state index in [2.05, 4.69) is 27.3 Å². The molecule has 1 aromatic heterocycles. The summed E-state index contributed by atoms with van der Waals surface area (Å²) in [5, 5.41) is 3.79. The number of para-hydroxylation sites is 1. The minimum absolute atomic E-state index is 0.138. The molecule has 0 unspecified atom stereocenters. The van der Waals surface area contributed by atoms with E-state index >= 15 is 0 Å². The van der Waals surface area contributed by atoms with Crippen molar-refractivity contribution in [1.29, 1.82) is 0 Å². The molecule has 1 aliphatic rings. The highest BCUT2D eigenvalue weighted by molar-refractivity contribution is 7.99. The minimum atomic E-state index is -0.138. The summed E-state index contributed by atoms with van der Waals surface area (Å²) >= 11 is 3.60.